The number of aliphatic hydroxyl groups is 1. The van der Waals surface area contributed by atoms with Gasteiger partial charge in [-0.1, -0.05) is 19.1 Å². The molecule has 0 aliphatic heterocycles. The fourth-order valence-electron chi connectivity index (χ4n) is 1.58. The zero-order valence-corrected chi connectivity index (χ0v) is 11.0. The van der Waals surface area contributed by atoms with Gasteiger partial charge in [-0.05, 0) is 37.5 Å². The van der Waals surface area contributed by atoms with E-state index in [1.807, 2.05) is 38.1 Å². The van der Waals surface area contributed by atoms with E-state index in [0.29, 0.717) is 0 Å². The van der Waals surface area contributed by atoms with Gasteiger partial charge in [0.15, 0.2) is 0 Å². The van der Waals surface area contributed by atoms with Crippen molar-refractivity contribution in [1.29, 1.82) is 0 Å². The molecular weight excluding hydrogens is 228 g/mol. The van der Waals surface area contributed by atoms with E-state index in [2.05, 4.69) is 5.32 Å². The van der Waals surface area contributed by atoms with E-state index in [-0.39, 0.29) is 24.5 Å². The molecule has 0 fully saturated rings. The van der Waals surface area contributed by atoms with Crippen LogP contribution in [0.15, 0.2) is 24.3 Å². The minimum atomic E-state index is -0.217. The molecule has 0 aliphatic carbocycles. The first-order chi connectivity index (χ1) is 8.54. The molecule has 2 unspecified atom stereocenters. The average Bonchev–Trinajstić information content (AvgIpc) is 2.35. The minimum absolute atomic E-state index is 0.0655. The Morgan fingerprint density at radius 2 is 2.17 bits per heavy atom. The molecule has 4 N–H and O–H groups in total. The van der Waals surface area contributed by atoms with Crippen molar-refractivity contribution in [3.63, 3.8) is 0 Å². The Morgan fingerprint density at radius 1 is 1.44 bits per heavy atom. The van der Waals surface area contributed by atoms with Crippen LogP contribution in [0.4, 0.5) is 5.69 Å². The highest BCUT2D eigenvalue weighted by Crippen LogP contribution is 2.14. The number of amides is 1. The summed E-state index contributed by atoms with van der Waals surface area (Å²) in [6.45, 7) is 3.82. The van der Waals surface area contributed by atoms with Crippen molar-refractivity contribution in [2.75, 3.05) is 11.9 Å². The Bertz CT molecular complexity index is 391. The number of carbonyl (C=O) groups is 1. The Morgan fingerprint density at radius 3 is 2.78 bits per heavy atom. The summed E-state index contributed by atoms with van der Waals surface area (Å²) in [5.41, 5.74) is 7.58. The van der Waals surface area contributed by atoms with E-state index in [1.165, 1.54) is 0 Å². The average molecular weight is 250 g/mol. The number of benzene rings is 1. The number of aryl methyl sites for hydroxylation is 1. The van der Waals surface area contributed by atoms with E-state index in [0.717, 1.165) is 24.1 Å². The highest BCUT2D eigenvalue weighted by Gasteiger charge is 2.16. The molecule has 4 heteroatoms. The van der Waals surface area contributed by atoms with Crippen molar-refractivity contribution in [3.05, 3.63) is 29.8 Å². The van der Waals surface area contributed by atoms with Gasteiger partial charge in [0.1, 0.15) is 0 Å². The highest BCUT2D eigenvalue weighted by atomic mass is 16.2. The lowest BCUT2D eigenvalue weighted by Gasteiger charge is -2.15. The molecule has 100 valence electrons. The lowest BCUT2D eigenvalue weighted by molar-refractivity contribution is -0.119. The van der Waals surface area contributed by atoms with Crippen LogP contribution >= 0.6 is 0 Å². The van der Waals surface area contributed by atoms with Crippen LogP contribution in [-0.2, 0) is 11.2 Å². The number of nitrogens with two attached hydrogens (primary N) is 1. The largest absolute Gasteiger partial charge is 0.396 e. The third-order valence-corrected chi connectivity index (χ3v) is 3.02. The number of hydrogen-bond donors (Lipinski definition) is 3. The molecule has 18 heavy (non-hydrogen) atoms. The van der Waals surface area contributed by atoms with Gasteiger partial charge in [-0.2, -0.15) is 0 Å². The van der Waals surface area contributed by atoms with Gasteiger partial charge in [0.25, 0.3) is 0 Å². The van der Waals surface area contributed by atoms with Gasteiger partial charge in [-0.15, -0.1) is 0 Å². The predicted molar refractivity (Wildman–Crippen MR) is 73.3 cm³/mol. The molecule has 4 nitrogen and oxygen atoms in total. The molecule has 1 amide bonds. The van der Waals surface area contributed by atoms with Gasteiger partial charge < -0.3 is 16.2 Å². The Balaban J connectivity index is 2.64. The first-order valence-electron chi connectivity index (χ1n) is 6.31. The molecular formula is C14H22N2O2. The van der Waals surface area contributed by atoms with Gasteiger partial charge in [-0.25, -0.2) is 0 Å². The summed E-state index contributed by atoms with van der Waals surface area (Å²) in [6.07, 6.45) is 1.54. The molecule has 0 heterocycles. The zero-order chi connectivity index (χ0) is 13.5. The van der Waals surface area contributed by atoms with Crippen LogP contribution in [-0.4, -0.2) is 23.7 Å². The van der Waals surface area contributed by atoms with Crippen molar-refractivity contribution in [1.82, 2.24) is 0 Å². The molecule has 1 rings (SSSR count). The summed E-state index contributed by atoms with van der Waals surface area (Å²) in [7, 11) is 0. The maximum Gasteiger partial charge on any atom is 0.228 e. The van der Waals surface area contributed by atoms with Crippen molar-refractivity contribution >= 4 is 11.6 Å². The van der Waals surface area contributed by atoms with Crippen molar-refractivity contribution in [2.24, 2.45) is 11.7 Å². The monoisotopic (exact) mass is 250 g/mol. The maximum absolute atomic E-state index is 11.8. The quantitative estimate of drug-likeness (QED) is 0.716. The van der Waals surface area contributed by atoms with Gasteiger partial charge in [-0.3, -0.25) is 4.79 Å². The number of carbonyl (C=O) groups excluding carboxylic acids is 1. The lowest BCUT2D eigenvalue weighted by Crippen LogP contribution is -2.34. The number of aliphatic hydroxyl groups excluding tert-OH is 1. The molecule has 0 bridgehead atoms. The summed E-state index contributed by atoms with van der Waals surface area (Å²) in [5, 5.41) is 11.7. The summed E-state index contributed by atoms with van der Waals surface area (Å²) < 4.78 is 0. The number of hydrogen-bond acceptors (Lipinski definition) is 3. The van der Waals surface area contributed by atoms with Crippen molar-refractivity contribution in [3.8, 4) is 0 Å². The maximum atomic E-state index is 11.8. The lowest BCUT2D eigenvalue weighted by atomic mass is 10.0. The van der Waals surface area contributed by atoms with Crippen molar-refractivity contribution < 1.29 is 9.90 Å². The van der Waals surface area contributed by atoms with Crippen LogP contribution in [0.5, 0.6) is 0 Å². The molecule has 0 saturated carbocycles. The molecule has 1 aromatic rings. The highest BCUT2D eigenvalue weighted by molar-refractivity contribution is 5.92. The van der Waals surface area contributed by atoms with Crippen LogP contribution in [0.1, 0.15) is 25.8 Å². The van der Waals surface area contributed by atoms with Gasteiger partial charge in [0.05, 0.1) is 5.92 Å². The van der Waals surface area contributed by atoms with Crippen LogP contribution in [0.2, 0.25) is 0 Å². The topological polar surface area (TPSA) is 75.4 Å². The van der Waals surface area contributed by atoms with Gasteiger partial charge in [0, 0.05) is 18.3 Å². The van der Waals surface area contributed by atoms with E-state index in [4.69, 9.17) is 10.8 Å². The summed E-state index contributed by atoms with van der Waals surface area (Å²) in [5.74, 6) is -0.282. The Kier molecular flexibility index (Phi) is 5.82. The van der Waals surface area contributed by atoms with Crippen molar-refractivity contribution in [2.45, 2.75) is 32.7 Å². The van der Waals surface area contributed by atoms with E-state index < -0.39 is 0 Å². The first-order valence-corrected chi connectivity index (χ1v) is 6.31. The summed E-state index contributed by atoms with van der Waals surface area (Å²) >= 11 is 0. The standard InChI is InChI=1S/C14H22N2O2/c1-10(11(2)15)14(18)16-13-7-3-5-12(9-13)6-4-8-17/h3,5,7,9-11,17H,4,6,8,15H2,1-2H3,(H,16,18). The third-order valence-electron chi connectivity index (χ3n) is 3.02. The third kappa shape index (κ3) is 4.47. The Labute approximate surface area is 108 Å². The fourth-order valence-corrected chi connectivity index (χ4v) is 1.58. The van der Waals surface area contributed by atoms with Crippen LogP contribution in [0.25, 0.3) is 0 Å². The molecule has 0 spiro atoms. The van der Waals surface area contributed by atoms with Crippen LogP contribution < -0.4 is 11.1 Å². The van der Waals surface area contributed by atoms with E-state index in [9.17, 15) is 4.79 Å². The molecule has 2 atom stereocenters. The van der Waals surface area contributed by atoms with Gasteiger partial charge >= 0.3 is 0 Å². The number of nitrogens with one attached hydrogen (secondary N) is 1. The van der Waals surface area contributed by atoms with Crippen LogP contribution in [0.3, 0.4) is 0 Å². The minimum Gasteiger partial charge on any atom is -0.396 e. The second-order valence-electron chi connectivity index (χ2n) is 4.66. The summed E-state index contributed by atoms with van der Waals surface area (Å²) in [4.78, 5) is 11.8. The Hall–Kier alpha value is -1.39. The molecule has 0 aliphatic rings. The fraction of sp³-hybridized carbons (Fsp3) is 0.500. The smallest absolute Gasteiger partial charge is 0.228 e. The normalized spacial score (nSPS) is 14.0. The molecule has 0 aromatic heterocycles. The predicted octanol–water partition coefficient (Wildman–Crippen LogP) is 1.53. The molecule has 0 radical (unpaired) electrons. The first kappa shape index (κ1) is 14.7. The van der Waals surface area contributed by atoms with Gasteiger partial charge in [0.2, 0.25) is 5.91 Å². The second kappa shape index (κ2) is 7.13. The SMILES string of the molecule is CC(N)C(C)C(=O)Nc1cccc(CCCO)c1. The second-order valence-corrected chi connectivity index (χ2v) is 4.66. The van der Waals surface area contributed by atoms with E-state index >= 15 is 0 Å². The molecule has 1 aromatic carbocycles. The number of rotatable bonds is 6. The number of anilines is 1. The van der Waals surface area contributed by atoms with Crippen LogP contribution in [0, 0.1) is 5.92 Å². The molecule has 0 saturated heterocycles. The van der Waals surface area contributed by atoms with E-state index in [1.54, 1.807) is 0 Å². The summed E-state index contributed by atoms with van der Waals surface area (Å²) in [6, 6.07) is 7.51. The zero-order valence-electron chi connectivity index (χ0n) is 11.0.